The van der Waals surface area contributed by atoms with E-state index in [2.05, 4.69) is 16.0 Å². The molecule has 4 amide bonds. The fraction of sp³-hybridized carbons (Fsp3) is 0.412. The molecule has 0 bridgehead atoms. The van der Waals surface area contributed by atoms with E-state index in [1.54, 1.807) is 0 Å². The van der Waals surface area contributed by atoms with Gasteiger partial charge in [-0.2, -0.15) is 0 Å². The Morgan fingerprint density at radius 3 is 2.31 bits per heavy atom. The van der Waals surface area contributed by atoms with Crippen molar-refractivity contribution in [1.29, 1.82) is 0 Å². The van der Waals surface area contributed by atoms with Crippen LogP contribution in [0.5, 0.6) is 0 Å². The number of urea groups is 2. The Kier molecular flexibility index (Phi) is 9.23. The van der Waals surface area contributed by atoms with Gasteiger partial charge in [0.25, 0.3) is 0 Å². The molecule has 9 heteroatoms. The van der Waals surface area contributed by atoms with Gasteiger partial charge in [0.2, 0.25) is 0 Å². The number of aliphatic carboxylic acids is 1. The fourth-order valence-electron chi connectivity index (χ4n) is 2.24. The van der Waals surface area contributed by atoms with Crippen LogP contribution in [0.2, 0.25) is 0 Å². The minimum atomic E-state index is -1.14. The zero-order valence-corrected chi connectivity index (χ0v) is 14.4. The summed E-state index contributed by atoms with van der Waals surface area (Å²) in [5.41, 5.74) is 6.74. The Morgan fingerprint density at radius 2 is 1.73 bits per heavy atom. The molecular formula is C17H24N4O5. The second kappa shape index (κ2) is 11.5. The van der Waals surface area contributed by atoms with Crippen LogP contribution in [0.4, 0.5) is 9.59 Å². The number of carbonyl (C=O) groups is 4. The molecule has 1 rings (SSSR count). The maximum absolute atomic E-state index is 11.7. The second-order valence-corrected chi connectivity index (χ2v) is 5.69. The van der Waals surface area contributed by atoms with Crippen molar-refractivity contribution in [1.82, 2.24) is 16.0 Å². The Hall–Kier alpha value is -3.10. The molecule has 0 spiro atoms. The minimum Gasteiger partial charge on any atom is -0.480 e. The van der Waals surface area contributed by atoms with E-state index in [9.17, 15) is 19.2 Å². The topological polar surface area (TPSA) is 151 Å². The number of hydrogen-bond acceptors (Lipinski definition) is 4. The first-order valence-electron chi connectivity index (χ1n) is 8.24. The highest BCUT2D eigenvalue weighted by Gasteiger charge is 2.17. The van der Waals surface area contributed by atoms with E-state index >= 15 is 0 Å². The summed E-state index contributed by atoms with van der Waals surface area (Å²) in [5, 5.41) is 16.5. The number of carboxylic acid groups (broad SMARTS) is 1. The van der Waals surface area contributed by atoms with Crippen LogP contribution in [0.25, 0.3) is 0 Å². The van der Waals surface area contributed by atoms with Crippen molar-refractivity contribution >= 4 is 24.3 Å². The van der Waals surface area contributed by atoms with Gasteiger partial charge in [-0.15, -0.1) is 0 Å². The average molecular weight is 364 g/mol. The number of nitrogens with one attached hydrogen (secondary N) is 3. The molecule has 0 aliphatic heterocycles. The van der Waals surface area contributed by atoms with Gasteiger partial charge in [0.1, 0.15) is 12.3 Å². The van der Waals surface area contributed by atoms with E-state index in [1.807, 2.05) is 24.3 Å². The number of primary amides is 1. The van der Waals surface area contributed by atoms with Crippen molar-refractivity contribution in [2.24, 2.45) is 5.73 Å². The summed E-state index contributed by atoms with van der Waals surface area (Å²) in [7, 11) is 0. The van der Waals surface area contributed by atoms with Crippen LogP contribution in [0.3, 0.4) is 0 Å². The molecule has 0 aliphatic rings. The Bertz CT molecular complexity index is 618. The molecule has 26 heavy (non-hydrogen) atoms. The lowest BCUT2D eigenvalue weighted by Gasteiger charge is -2.12. The molecule has 0 aliphatic carbocycles. The molecule has 0 aromatic heterocycles. The van der Waals surface area contributed by atoms with Crippen molar-refractivity contribution in [3.8, 4) is 0 Å². The molecule has 0 radical (unpaired) electrons. The van der Waals surface area contributed by atoms with Crippen molar-refractivity contribution in [3.63, 3.8) is 0 Å². The van der Waals surface area contributed by atoms with Crippen LogP contribution < -0.4 is 21.7 Å². The van der Waals surface area contributed by atoms with Crippen molar-refractivity contribution < 1.29 is 24.3 Å². The first kappa shape index (κ1) is 20.9. The summed E-state index contributed by atoms with van der Waals surface area (Å²) in [4.78, 5) is 43.7. The molecule has 6 N–H and O–H groups in total. The molecule has 142 valence electrons. The summed E-state index contributed by atoms with van der Waals surface area (Å²) in [6, 6.07) is 5.13. The van der Waals surface area contributed by atoms with Gasteiger partial charge in [-0.25, -0.2) is 14.4 Å². The standard InChI is InChI=1S/C17H24N4O5/c18-16(25)21-14(15(23)24)3-1-2-9-19-17(26)20-11-13-6-4-12(5-7-13)8-10-22/h4-7,10,14H,1-3,8-9,11H2,(H,23,24)(H3,18,21,25)(H2,19,20,26)/t14-/m0/s1. The second-order valence-electron chi connectivity index (χ2n) is 5.69. The first-order valence-corrected chi connectivity index (χ1v) is 8.24. The van der Waals surface area contributed by atoms with Crippen LogP contribution in [-0.4, -0.2) is 42.0 Å². The maximum Gasteiger partial charge on any atom is 0.326 e. The Labute approximate surface area is 151 Å². The normalized spacial score (nSPS) is 11.2. The van der Waals surface area contributed by atoms with Crippen molar-refractivity contribution in [3.05, 3.63) is 35.4 Å². The average Bonchev–Trinajstić information content (AvgIpc) is 2.59. The number of hydrogen-bond donors (Lipinski definition) is 5. The quantitative estimate of drug-likeness (QED) is 0.286. The highest BCUT2D eigenvalue weighted by molar-refractivity contribution is 5.81. The molecule has 1 aromatic carbocycles. The zero-order valence-electron chi connectivity index (χ0n) is 14.4. The number of benzene rings is 1. The van der Waals surface area contributed by atoms with Gasteiger partial charge in [0, 0.05) is 19.5 Å². The largest absolute Gasteiger partial charge is 0.480 e. The summed E-state index contributed by atoms with van der Waals surface area (Å²) < 4.78 is 0. The lowest BCUT2D eigenvalue weighted by Crippen LogP contribution is -2.43. The van der Waals surface area contributed by atoms with E-state index < -0.39 is 18.0 Å². The van der Waals surface area contributed by atoms with Crippen molar-refractivity contribution in [2.45, 2.75) is 38.3 Å². The summed E-state index contributed by atoms with van der Waals surface area (Å²) >= 11 is 0. The molecular weight excluding hydrogens is 340 g/mol. The van der Waals surface area contributed by atoms with Crippen LogP contribution in [-0.2, 0) is 22.6 Å². The minimum absolute atomic E-state index is 0.231. The molecule has 1 aromatic rings. The van der Waals surface area contributed by atoms with E-state index in [1.165, 1.54) is 0 Å². The van der Waals surface area contributed by atoms with Gasteiger partial charge in [-0.1, -0.05) is 24.3 Å². The fourth-order valence-corrected chi connectivity index (χ4v) is 2.24. The highest BCUT2D eigenvalue weighted by Crippen LogP contribution is 2.04. The van der Waals surface area contributed by atoms with Crippen LogP contribution in [0.1, 0.15) is 30.4 Å². The summed E-state index contributed by atoms with van der Waals surface area (Å²) in [6.45, 7) is 0.740. The van der Waals surface area contributed by atoms with E-state index in [0.717, 1.165) is 17.4 Å². The van der Waals surface area contributed by atoms with Crippen LogP contribution in [0, 0.1) is 0 Å². The molecule has 9 nitrogen and oxygen atoms in total. The molecule has 0 saturated carbocycles. The van der Waals surface area contributed by atoms with Gasteiger partial charge in [0.05, 0.1) is 0 Å². The maximum atomic E-state index is 11.7. The summed E-state index contributed by atoms with van der Waals surface area (Å²) in [6.07, 6.45) is 2.51. The predicted octanol–water partition coefficient (Wildman–Crippen LogP) is 0.519. The van der Waals surface area contributed by atoms with Crippen LogP contribution >= 0.6 is 0 Å². The number of amides is 4. The smallest absolute Gasteiger partial charge is 0.326 e. The van der Waals surface area contributed by atoms with Crippen molar-refractivity contribution in [2.75, 3.05) is 6.54 Å². The number of carbonyl (C=O) groups excluding carboxylic acids is 3. The zero-order chi connectivity index (χ0) is 19.4. The summed E-state index contributed by atoms with van der Waals surface area (Å²) in [5.74, 6) is -1.14. The van der Waals surface area contributed by atoms with Gasteiger partial charge in [-0.05, 0) is 30.4 Å². The molecule has 0 heterocycles. The number of nitrogens with two attached hydrogens (primary N) is 1. The van der Waals surface area contributed by atoms with E-state index in [-0.39, 0.29) is 12.5 Å². The number of carboxylic acids is 1. The SMILES string of the molecule is NC(=O)N[C@@H](CCCCNC(=O)NCc1ccc(CC=O)cc1)C(=O)O. The lowest BCUT2D eigenvalue weighted by molar-refractivity contribution is -0.139. The van der Waals surface area contributed by atoms with Crippen LogP contribution in [0.15, 0.2) is 24.3 Å². The van der Waals surface area contributed by atoms with Gasteiger partial charge in [0.15, 0.2) is 0 Å². The van der Waals surface area contributed by atoms with E-state index in [0.29, 0.717) is 32.4 Å². The van der Waals surface area contributed by atoms with E-state index in [4.69, 9.17) is 10.8 Å². The first-order chi connectivity index (χ1) is 12.4. The Morgan fingerprint density at radius 1 is 1.08 bits per heavy atom. The number of rotatable bonds is 11. The Balaban J connectivity index is 2.19. The third-order valence-electron chi connectivity index (χ3n) is 3.61. The lowest BCUT2D eigenvalue weighted by atomic mass is 10.1. The molecule has 1 atom stereocenters. The third-order valence-corrected chi connectivity index (χ3v) is 3.61. The molecule has 0 saturated heterocycles. The predicted molar refractivity (Wildman–Crippen MR) is 94.4 cm³/mol. The van der Waals surface area contributed by atoms with Gasteiger partial charge < -0.3 is 31.6 Å². The molecule has 0 unspecified atom stereocenters. The number of unbranched alkanes of at least 4 members (excludes halogenated alkanes) is 1. The third kappa shape index (κ3) is 8.67. The highest BCUT2D eigenvalue weighted by atomic mass is 16.4. The van der Waals surface area contributed by atoms with Gasteiger partial charge in [-0.3, -0.25) is 0 Å². The number of aldehydes is 1. The van der Waals surface area contributed by atoms with Gasteiger partial charge >= 0.3 is 18.0 Å². The monoisotopic (exact) mass is 364 g/mol. The molecule has 0 fully saturated rings.